The lowest BCUT2D eigenvalue weighted by atomic mass is 9.85. The number of aliphatic carboxylic acids is 1. The highest BCUT2D eigenvalue weighted by atomic mass is 16.5. The molecule has 1 N–H and O–H groups in total. The zero-order chi connectivity index (χ0) is 21.4. The molecule has 0 spiro atoms. The summed E-state index contributed by atoms with van der Waals surface area (Å²) in [7, 11) is 3.44. The number of aromatic nitrogens is 1. The molecule has 0 saturated heterocycles. The second kappa shape index (κ2) is 10.8. The van der Waals surface area contributed by atoms with E-state index < -0.39 is 5.97 Å². The van der Waals surface area contributed by atoms with Gasteiger partial charge in [-0.2, -0.15) is 0 Å². The number of unbranched alkanes of at least 4 members (excludes halogenated alkanes) is 2. The van der Waals surface area contributed by atoms with Gasteiger partial charge in [-0.05, 0) is 74.3 Å². The lowest BCUT2D eigenvalue weighted by Gasteiger charge is -2.24. The highest BCUT2D eigenvalue weighted by molar-refractivity contribution is 5.66. The molecule has 1 aromatic heterocycles. The van der Waals surface area contributed by atoms with Gasteiger partial charge in [-0.1, -0.05) is 18.9 Å². The Hall–Kier alpha value is -2.56. The third kappa shape index (κ3) is 5.72. The summed E-state index contributed by atoms with van der Waals surface area (Å²) in [4.78, 5) is 15.1. The van der Waals surface area contributed by atoms with Gasteiger partial charge in [0.2, 0.25) is 0 Å². The van der Waals surface area contributed by atoms with Crippen LogP contribution in [-0.4, -0.2) is 30.3 Å². The summed E-state index contributed by atoms with van der Waals surface area (Å²) in [6.07, 6.45) is 8.37. The van der Waals surface area contributed by atoms with E-state index in [2.05, 4.69) is 31.8 Å². The van der Waals surface area contributed by atoms with E-state index in [0.717, 1.165) is 60.3 Å². The van der Waals surface area contributed by atoms with Gasteiger partial charge in [0.05, 0.1) is 14.2 Å². The van der Waals surface area contributed by atoms with Gasteiger partial charge in [-0.25, -0.2) is 0 Å². The van der Waals surface area contributed by atoms with Crippen molar-refractivity contribution >= 4 is 5.97 Å². The molecule has 0 aliphatic carbocycles. The van der Waals surface area contributed by atoms with Crippen LogP contribution in [0.1, 0.15) is 65.8 Å². The van der Waals surface area contributed by atoms with Crippen LogP contribution in [0.5, 0.6) is 11.5 Å². The van der Waals surface area contributed by atoms with E-state index in [-0.39, 0.29) is 12.3 Å². The molecule has 5 heteroatoms. The number of carboxylic acid groups (broad SMARTS) is 1. The number of nitrogens with zero attached hydrogens (tertiary/aromatic N) is 1. The summed E-state index contributed by atoms with van der Waals surface area (Å²) in [5.74, 6) is 1.41. The van der Waals surface area contributed by atoms with E-state index in [4.69, 9.17) is 14.6 Å². The number of rotatable bonds is 11. The predicted molar refractivity (Wildman–Crippen MR) is 115 cm³/mol. The topological polar surface area (TPSA) is 68.7 Å². The Morgan fingerprint density at radius 3 is 2.31 bits per heavy atom. The smallest absolute Gasteiger partial charge is 0.303 e. The van der Waals surface area contributed by atoms with Crippen molar-refractivity contribution in [3.8, 4) is 11.5 Å². The zero-order valence-electron chi connectivity index (χ0n) is 18.2. The van der Waals surface area contributed by atoms with Gasteiger partial charge in [0.25, 0.3) is 0 Å². The van der Waals surface area contributed by atoms with E-state index in [1.54, 1.807) is 20.4 Å². The molecule has 1 unspecified atom stereocenters. The fourth-order valence-corrected chi connectivity index (χ4v) is 4.08. The maximum absolute atomic E-state index is 10.8. The van der Waals surface area contributed by atoms with Crippen molar-refractivity contribution in [1.82, 2.24) is 4.98 Å². The summed E-state index contributed by atoms with van der Waals surface area (Å²) in [5, 5.41) is 8.85. The minimum atomic E-state index is -0.726. The monoisotopic (exact) mass is 399 g/mol. The molecule has 2 rings (SSSR count). The standard InChI is InChI=1S/C24H33NO4/c1-16-17(2)24(29-5)21(18(3)23(16)28-4)14-19(20-11-9-13-25-15-20)10-7-6-8-12-22(26)27/h9,11,13,15,19H,6-8,10,12,14H2,1-5H3,(H,26,27). The van der Waals surface area contributed by atoms with E-state index >= 15 is 0 Å². The van der Waals surface area contributed by atoms with Gasteiger partial charge in [-0.3, -0.25) is 9.78 Å². The molecule has 0 saturated carbocycles. The molecule has 1 atom stereocenters. The fraction of sp³-hybridized carbons (Fsp3) is 0.500. The highest BCUT2D eigenvalue weighted by Gasteiger charge is 2.22. The second-order valence-corrected chi connectivity index (χ2v) is 7.60. The third-order valence-corrected chi connectivity index (χ3v) is 5.77. The van der Waals surface area contributed by atoms with Crippen LogP contribution < -0.4 is 9.47 Å². The molecule has 0 aliphatic rings. The zero-order valence-corrected chi connectivity index (χ0v) is 18.2. The molecule has 1 aromatic carbocycles. The first kappa shape index (κ1) is 22.7. The van der Waals surface area contributed by atoms with Crippen LogP contribution in [0.2, 0.25) is 0 Å². The van der Waals surface area contributed by atoms with Crippen LogP contribution in [0.4, 0.5) is 0 Å². The number of methoxy groups -OCH3 is 2. The van der Waals surface area contributed by atoms with E-state index in [0.29, 0.717) is 0 Å². The molecule has 1 heterocycles. The van der Waals surface area contributed by atoms with Crippen molar-refractivity contribution in [2.75, 3.05) is 14.2 Å². The first-order valence-corrected chi connectivity index (χ1v) is 10.2. The minimum absolute atomic E-state index is 0.235. The number of carboxylic acids is 1. The molecular weight excluding hydrogens is 366 g/mol. The second-order valence-electron chi connectivity index (χ2n) is 7.60. The van der Waals surface area contributed by atoms with E-state index in [1.165, 1.54) is 11.1 Å². The molecule has 0 amide bonds. The number of hydrogen-bond donors (Lipinski definition) is 1. The van der Waals surface area contributed by atoms with Crippen molar-refractivity contribution in [3.05, 3.63) is 52.3 Å². The number of carbonyl (C=O) groups is 1. The lowest BCUT2D eigenvalue weighted by molar-refractivity contribution is -0.137. The number of pyridine rings is 1. The Kier molecular flexibility index (Phi) is 8.50. The van der Waals surface area contributed by atoms with Crippen LogP contribution >= 0.6 is 0 Å². The van der Waals surface area contributed by atoms with E-state index in [9.17, 15) is 4.79 Å². The summed E-state index contributed by atoms with van der Waals surface area (Å²) in [6.45, 7) is 6.23. The quantitative estimate of drug-likeness (QED) is 0.513. The molecule has 0 fully saturated rings. The van der Waals surface area contributed by atoms with Crippen LogP contribution in [0.25, 0.3) is 0 Å². The molecule has 29 heavy (non-hydrogen) atoms. The number of ether oxygens (including phenoxy) is 2. The molecule has 2 aromatic rings. The molecule has 0 radical (unpaired) electrons. The van der Waals surface area contributed by atoms with E-state index in [1.807, 2.05) is 12.3 Å². The van der Waals surface area contributed by atoms with Gasteiger partial charge in [0, 0.05) is 24.4 Å². The highest BCUT2D eigenvalue weighted by Crippen LogP contribution is 2.40. The summed E-state index contributed by atoms with van der Waals surface area (Å²) < 4.78 is 11.5. The predicted octanol–water partition coefficient (Wildman–Crippen LogP) is 5.39. The van der Waals surface area contributed by atoms with Gasteiger partial charge in [-0.15, -0.1) is 0 Å². The average Bonchev–Trinajstić information content (AvgIpc) is 2.71. The van der Waals surface area contributed by atoms with Crippen LogP contribution in [0.3, 0.4) is 0 Å². The lowest BCUT2D eigenvalue weighted by Crippen LogP contribution is -2.10. The van der Waals surface area contributed by atoms with Crippen LogP contribution in [-0.2, 0) is 11.2 Å². The molecule has 158 valence electrons. The SMILES string of the molecule is COc1c(C)c(C)c(OC)c(CC(CCCCCC(=O)O)c2cccnc2)c1C. The summed E-state index contributed by atoms with van der Waals surface area (Å²) >= 11 is 0. The number of benzene rings is 1. The van der Waals surface area contributed by atoms with Crippen molar-refractivity contribution < 1.29 is 19.4 Å². The van der Waals surface area contributed by atoms with Crippen molar-refractivity contribution in [3.63, 3.8) is 0 Å². The average molecular weight is 400 g/mol. The minimum Gasteiger partial charge on any atom is -0.496 e. The van der Waals surface area contributed by atoms with Gasteiger partial charge in [0.15, 0.2) is 0 Å². The third-order valence-electron chi connectivity index (χ3n) is 5.77. The molecule has 5 nitrogen and oxygen atoms in total. The fourth-order valence-electron chi connectivity index (χ4n) is 4.08. The van der Waals surface area contributed by atoms with Gasteiger partial charge >= 0.3 is 5.97 Å². The van der Waals surface area contributed by atoms with Gasteiger partial charge < -0.3 is 14.6 Å². The molecule has 0 aliphatic heterocycles. The van der Waals surface area contributed by atoms with Crippen molar-refractivity contribution in [2.45, 2.75) is 65.2 Å². The summed E-state index contributed by atoms with van der Waals surface area (Å²) in [5.41, 5.74) is 5.71. The maximum atomic E-state index is 10.8. The Morgan fingerprint density at radius 2 is 1.72 bits per heavy atom. The largest absolute Gasteiger partial charge is 0.496 e. The first-order chi connectivity index (χ1) is 13.9. The van der Waals surface area contributed by atoms with Crippen LogP contribution in [0.15, 0.2) is 24.5 Å². The summed E-state index contributed by atoms with van der Waals surface area (Å²) in [6, 6.07) is 4.09. The van der Waals surface area contributed by atoms with Gasteiger partial charge in [0.1, 0.15) is 11.5 Å². The maximum Gasteiger partial charge on any atom is 0.303 e. The number of hydrogen-bond acceptors (Lipinski definition) is 4. The normalized spacial score (nSPS) is 11.9. The van der Waals surface area contributed by atoms with Crippen molar-refractivity contribution in [2.24, 2.45) is 0 Å². The Labute approximate surface area is 174 Å². The Balaban J connectivity index is 2.31. The van der Waals surface area contributed by atoms with Crippen molar-refractivity contribution in [1.29, 1.82) is 0 Å². The molecular formula is C24H33NO4. The Morgan fingerprint density at radius 1 is 1.03 bits per heavy atom. The van der Waals surface area contributed by atoms with Crippen LogP contribution in [0, 0.1) is 20.8 Å². The first-order valence-electron chi connectivity index (χ1n) is 10.2. The Bertz CT molecular complexity index is 818. The molecule has 0 bridgehead atoms.